The Balaban J connectivity index is 1.33. The van der Waals surface area contributed by atoms with E-state index in [0.717, 1.165) is 0 Å². The Morgan fingerprint density at radius 2 is 1.43 bits per heavy atom. The third kappa shape index (κ3) is 3.27. The van der Waals surface area contributed by atoms with E-state index < -0.39 is 0 Å². The third-order valence-electron chi connectivity index (χ3n) is 9.14. The first-order valence-corrected chi connectivity index (χ1v) is 14.7. The van der Waals surface area contributed by atoms with Crippen LogP contribution in [-0.4, -0.2) is 4.57 Å². The van der Waals surface area contributed by atoms with Gasteiger partial charge in [-0.25, -0.2) is 0 Å². The summed E-state index contributed by atoms with van der Waals surface area (Å²) in [7, 11) is 0. The number of anilines is 1. The second-order valence-electron chi connectivity index (χ2n) is 11.5. The lowest BCUT2D eigenvalue weighted by atomic mass is 9.78. The molecule has 0 saturated carbocycles. The summed E-state index contributed by atoms with van der Waals surface area (Å²) >= 11 is 0. The molecule has 1 unspecified atom stereocenters. The number of nitrogens with zero attached hydrogens (tertiary/aromatic N) is 1. The lowest BCUT2D eigenvalue weighted by Crippen LogP contribution is -2.22. The lowest BCUT2D eigenvalue weighted by molar-refractivity contribution is 0.920. The summed E-state index contributed by atoms with van der Waals surface area (Å²) in [5.74, 6) is 0. The second-order valence-corrected chi connectivity index (χ2v) is 11.5. The molecule has 9 rings (SSSR count). The molecule has 0 fully saturated rings. The summed E-state index contributed by atoms with van der Waals surface area (Å²) in [4.78, 5) is 0. The van der Waals surface area contributed by atoms with E-state index in [1.807, 2.05) is 0 Å². The summed E-state index contributed by atoms with van der Waals surface area (Å²) in [6.45, 7) is 2.21. The average molecular weight is 537 g/mol. The molecule has 0 saturated heterocycles. The summed E-state index contributed by atoms with van der Waals surface area (Å²) in [5.41, 5.74) is 13.8. The van der Waals surface area contributed by atoms with E-state index in [4.69, 9.17) is 0 Å². The van der Waals surface area contributed by atoms with Crippen LogP contribution >= 0.6 is 0 Å². The van der Waals surface area contributed by atoms with Crippen molar-refractivity contribution in [3.63, 3.8) is 0 Å². The van der Waals surface area contributed by atoms with Crippen molar-refractivity contribution in [1.29, 1.82) is 0 Å². The highest BCUT2D eigenvalue weighted by Gasteiger charge is 2.31. The molecule has 2 heterocycles. The third-order valence-corrected chi connectivity index (χ3v) is 9.14. The molecule has 2 aliphatic rings. The Morgan fingerprint density at radius 3 is 2.38 bits per heavy atom. The van der Waals surface area contributed by atoms with E-state index in [9.17, 15) is 0 Å². The highest BCUT2D eigenvalue weighted by Crippen LogP contribution is 2.49. The van der Waals surface area contributed by atoms with Crippen molar-refractivity contribution in [1.82, 2.24) is 4.57 Å². The topological polar surface area (TPSA) is 17.0 Å². The zero-order chi connectivity index (χ0) is 27.8. The Hall–Kier alpha value is -5.34. The fraction of sp³-hybridized carbons (Fsp3) is 0.0500. The molecule has 0 radical (unpaired) electrons. The van der Waals surface area contributed by atoms with E-state index in [2.05, 4.69) is 156 Å². The van der Waals surface area contributed by atoms with Crippen molar-refractivity contribution in [3.05, 3.63) is 167 Å². The molecule has 1 N–H and O–H groups in total. The summed E-state index contributed by atoms with van der Waals surface area (Å²) in [6, 6.07) is 46.6. The van der Waals surface area contributed by atoms with Gasteiger partial charge in [0, 0.05) is 27.4 Å². The van der Waals surface area contributed by atoms with Crippen LogP contribution in [0.4, 0.5) is 5.69 Å². The predicted octanol–water partition coefficient (Wildman–Crippen LogP) is 10.2. The van der Waals surface area contributed by atoms with Crippen LogP contribution in [-0.2, 0) is 0 Å². The van der Waals surface area contributed by atoms with E-state index in [1.54, 1.807) is 0 Å². The van der Waals surface area contributed by atoms with Crippen molar-refractivity contribution in [2.45, 2.75) is 13.0 Å². The number of fused-ring (bicyclic) bond motifs is 9. The van der Waals surface area contributed by atoms with Gasteiger partial charge in [-0.3, -0.25) is 0 Å². The molecule has 2 nitrogen and oxygen atoms in total. The molecule has 0 bridgehead atoms. The maximum absolute atomic E-state index is 3.98. The number of nitrogens with one attached hydrogen (secondary N) is 1. The quantitative estimate of drug-likeness (QED) is 0.233. The lowest BCUT2D eigenvalue weighted by Gasteiger charge is -2.35. The van der Waals surface area contributed by atoms with Gasteiger partial charge in [0.1, 0.15) is 0 Å². The van der Waals surface area contributed by atoms with Gasteiger partial charge in [-0.2, -0.15) is 0 Å². The van der Waals surface area contributed by atoms with Crippen LogP contribution in [0.15, 0.2) is 139 Å². The van der Waals surface area contributed by atoms with E-state index in [-0.39, 0.29) is 6.04 Å². The minimum absolute atomic E-state index is 0.0825. The molecule has 198 valence electrons. The van der Waals surface area contributed by atoms with Gasteiger partial charge in [0.2, 0.25) is 0 Å². The van der Waals surface area contributed by atoms with Crippen LogP contribution in [0.5, 0.6) is 0 Å². The van der Waals surface area contributed by atoms with E-state index in [0.29, 0.717) is 0 Å². The van der Waals surface area contributed by atoms with Crippen molar-refractivity contribution in [2.24, 2.45) is 0 Å². The Bertz CT molecular complexity index is 2300. The second kappa shape index (κ2) is 8.83. The van der Waals surface area contributed by atoms with Crippen molar-refractivity contribution in [3.8, 4) is 5.69 Å². The molecule has 1 aliphatic heterocycles. The van der Waals surface area contributed by atoms with Gasteiger partial charge in [-0.1, -0.05) is 115 Å². The minimum Gasteiger partial charge on any atom is -0.373 e. The minimum atomic E-state index is 0.0825. The molecule has 1 atom stereocenters. The van der Waals surface area contributed by atoms with Gasteiger partial charge in [-0.15, -0.1) is 0 Å². The number of aryl methyl sites for hydroxylation is 1. The first kappa shape index (κ1) is 23.4. The van der Waals surface area contributed by atoms with Crippen molar-refractivity contribution in [2.75, 3.05) is 5.32 Å². The van der Waals surface area contributed by atoms with Gasteiger partial charge < -0.3 is 9.88 Å². The summed E-state index contributed by atoms with van der Waals surface area (Å²) in [6.07, 6.45) is 4.60. The molecule has 2 heteroatoms. The molecular formula is C40H28N2. The zero-order valence-electron chi connectivity index (χ0n) is 23.3. The molecule has 6 aromatic carbocycles. The van der Waals surface area contributed by atoms with E-state index in [1.165, 1.54) is 82.9 Å². The van der Waals surface area contributed by atoms with Crippen LogP contribution in [0.25, 0.3) is 49.9 Å². The molecule has 0 spiro atoms. The van der Waals surface area contributed by atoms with Crippen molar-refractivity contribution >= 4 is 49.9 Å². The van der Waals surface area contributed by atoms with Crippen LogP contribution in [0, 0.1) is 6.92 Å². The summed E-state index contributed by atoms with van der Waals surface area (Å²) in [5, 5.41) is 9.11. The molecule has 42 heavy (non-hydrogen) atoms. The van der Waals surface area contributed by atoms with Crippen molar-refractivity contribution < 1.29 is 0 Å². The number of para-hydroxylation sites is 1. The maximum Gasteiger partial charge on any atom is 0.0779 e. The zero-order valence-corrected chi connectivity index (χ0v) is 23.3. The number of benzene rings is 6. The Morgan fingerprint density at radius 1 is 0.643 bits per heavy atom. The number of aromatic nitrogens is 1. The van der Waals surface area contributed by atoms with Crippen LogP contribution in [0.1, 0.15) is 33.9 Å². The van der Waals surface area contributed by atoms with Crippen LogP contribution in [0.3, 0.4) is 0 Å². The predicted molar refractivity (Wildman–Crippen MR) is 177 cm³/mol. The normalized spacial score (nSPS) is 15.5. The molecule has 1 aromatic heterocycles. The van der Waals surface area contributed by atoms with Gasteiger partial charge in [0.15, 0.2) is 0 Å². The van der Waals surface area contributed by atoms with Gasteiger partial charge in [-0.05, 0) is 70.0 Å². The van der Waals surface area contributed by atoms with Gasteiger partial charge in [0.25, 0.3) is 0 Å². The molecule has 0 amide bonds. The number of rotatable bonds is 2. The molecular weight excluding hydrogens is 508 g/mol. The molecule has 1 aliphatic carbocycles. The fourth-order valence-corrected chi connectivity index (χ4v) is 7.29. The highest BCUT2D eigenvalue weighted by atomic mass is 15.0. The maximum atomic E-state index is 3.98. The Kier molecular flexibility index (Phi) is 4.91. The van der Waals surface area contributed by atoms with E-state index >= 15 is 0 Å². The highest BCUT2D eigenvalue weighted by molar-refractivity contribution is 6.11. The Labute approximate surface area is 244 Å². The smallest absolute Gasteiger partial charge is 0.0779 e. The fourth-order valence-electron chi connectivity index (χ4n) is 7.29. The SMILES string of the molecule is Cc1cccc2c1c1ccccc1n2-c1cccc(C2=C3C=Cc4ccccc4C3Nc3c2ccc2ccccc32)c1. The van der Waals surface area contributed by atoms with Crippen LogP contribution < -0.4 is 5.32 Å². The van der Waals surface area contributed by atoms with Crippen LogP contribution in [0.2, 0.25) is 0 Å². The first-order chi connectivity index (χ1) is 20.8. The summed E-state index contributed by atoms with van der Waals surface area (Å²) < 4.78 is 2.43. The monoisotopic (exact) mass is 536 g/mol. The number of hydrogen-bond acceptors (Lipinski definition) is 1. The van der Waals surface area contributed by atoms with Gasteiger partial charge >= 0.3 is 0 Å². The largest absolute Gasteiger partial charge is 0.373 e. The first-order valence-electron chi connectivity index (χ1n) is 14.7. The molecule has 7 aromatic rings. The standard InChI is InChI=1S/C40H28N2/c1-25-10-8-19-36-37(25)32-17-6-7-18-35(32)42(36)29-14-9-13-28(24-29)38-33-22-20-26-11-2-4-15-30(26)39(33)41-40-31-16-5-3-12-27(31)21-23-34(38)40/h2-24,39,41H,1H3. The van der Waals surface area contributed by atoms with Gasteiger partial charge in [0.05, 0.1) is 22.8 Å². The number of hydrogen-bond donors (Lipinski definition) is 1. The average Bonchev–Trinajstić information content (AvgIpc) is 3.39.